The highest BCUT2D eigenvalue weighted by atomic mass is 16.5. The van der Waals surface area contributed by atoms with Gasteiger partial charge < -0.3 is 14.8 Å². The van der Waals surface area contributed by atoms with E-state index in [1.807, 2.05) is 84.9 Å². The van der Waals surface area contributed by atoms with Gasteiger partial charge in [0.2, 0.25) is 0 Å². The lowest BCUT2D eigenvalue weighted by Gasteiger charge is -2.19. The molecule has 2 N–H and O–H groups in total. The van der Waals surface area contributed by atoms with E-state index in [0.717, 1.165) is 27.7 Å². The Bertz CT molecular complexity index is 1530. The maximum Gasteiger partial charge on any atom is 0.312 e. The van der Waals surface area contributed by atoms with Gasteiger partial charge in [-0.05, 0) is 29.7 Å². The van der Waals surface area contributed by atoms with Crippen molar-refractivity contribution in [1.29, 1.82) is 0 Å². The van der Waals surface area contributed by atoms with E-state index in [9.17, 15) is 5.11 Å². The van der Waals surface area contributed by atoms with E-state index >= 15 is 0 Å². The number of nitrogens with one attached hydrogen (secondary N) is 1. The number of benzene rings is 4. The smallest absolute Gasteiger partial charge is 0.312 e. The molecule has 0 fully saturated rings. The minimum atomic E-state index is -0.315. The number of furan rings is 1. The molecule has 1 aliphatic rings. The molecular formula is C27H18N4O2. The van der Waals surface area contributed by atoms with Crippen molar-refractivity contribution < 1.29 is 9.52 Å². The number of hydrogen-bond acceptors (Lipinski definition) is 6. The van der Waals surface area contributed by atoms with Crippen molar-refractivity contribution in [2.75, 3.05) is 5.32 Å². The summed E-state index contributed by atoms with van der Waals surface area (Å²) in [5, 5.41) is 25.0. The Labute approximate surface area is 189 Å². The Morgan fingerprint density at radius 1 is 0.758 bits per heavy atom. The number of nitrogens with zero attached hydrogens (tertiary/aromatic N) is 3. The SMILES string of the molecule is Oc1oc(-c2ccccc2)c(C2=Nc3cccc4cccc(c34)N2)c1N=Nc1ccccc1. The summed E-state index contributed by atoms with van der Waals surface area (Å²) < 4.78 is 5.82. The van der Waals surface area contributed by atoms with Gasteiger partial charge in [-0.1, -0.05) is 72.8 Å². The van der Waals surface area contributed by atoms with Gasteiger partial charge >= 0.3 is 5.95 Å². The zero-order valence-electron chi connectivity index (χ0n) is 17.4. The van der Waals surface area contributed by atoms with E-state index in [1.165, 1.54) is 0 Å². The molecule has 0 spiro atoms. The first-order chi connectivity index (χ1) is 16.3. The van der Waals surface area contributed by atoms with Crippen molar-refractivity contribution in [3.05, 3.63) is 103 Å². The van der Waals surface area contributed by atoms with Crippen molar-refractivity contribution in [2.24, 2.45) is 15.2 Å². The maximum atomic E-state index is 10.7. The van der Waals surface area contributed by atoms with Crippen molar-refractivity contribution in [1.82, 2.24) is 0 Å². The number of azo groups is 1. The highest BCUT2D eigenvalue weighted by molar-refractivity contribution is 6.22. The summed E-state index contributed by atoms with van der Waals surface area (Å²) in [5.74, 6) is 0.684. The molecule has 0 bridgehead atoms. The summed E-state index contributed by atoms with van der Waals surface area (Å²) in [5.41, 5.74) is 3.99. The summed E-state index contributed by atoms with van der Waals surface area (Å²) in [4.78, 5) is 4.88. The van der Waals surface area contributed by atoms with Crippen LogP contribution in [-0.2, 0) is 0 Å². The maximum absolute atomic E-state index is 10.7. The van der Waals surface area contributed by atoms with Crippen LogP contribution in [0.3, 0.4) is 0 Å². The third-order valence-corrected chi connectivity index (χ3v) is 5.53. The Morgan fingerprint density at radius 3 is 2.27 bits per heavy atom. The van der Waals surface area contributed by atoms with Crippen LogP contribution in [0.25, 0.3) is 22.1 Å². The average Bonchev–Trinajstić information content (AvgIpc) is 3.20. The van der Waals surface area contributed by atoms with Crippen LogP contribution in [0.15, 0.2) is 117 Å². The van der Waals surface area contributed by atoms with Crippen LogP contribution in [0.2, 0.25) is 0 Å². The summed E-state index contributed by atoms with van der Waals surface area (Å²) in [6.45, 7) is 0. The molecule has 0 unspecified atom stereocenters. The third kappa shape index (κ3) is 3.34. The highest BCUT2D eigenvalue weighted by Crippen LogP contribution is 2.45. The van der Waals surface area contributed by atoms with Crippen LogP contribution in [-0.4, -0.2) is 10.9 Å². The lowest BCUT2D eigenvalue weighted by atomic mass is 10.0. The predicted molar refractivity (Wildman–Crippen MR) is 130 cm³/mol. The van der Waals surface area contributed by atoms with E-state index in [-0.39, 0.29) is 11.6 Å². The molecule has 6 heteroatoms. The van der Waals surface area contributed by atoms with E-state index in [0.29, 0.717) is 22.8 Å². The Morgan fingerprint density at radius 2 is 1.48 bits per heavy atom. The fourth-order valence-corrected chi connectivity index (χ4v) is 4.03. The van der Waals surface area contributed by atoms with Gasteiger partial charge in [0.15, 0.2) is 11.4 Å². The van der Waals surface area contributed by atoms with E-state index < -0.39 is 0 Å². The van der Waals surface area contributed by atoms with Crippen LogP contribution in [0.5, 0.6) is 5.95 Å². The Balaban J connectivity index is 1.56. The second-order valence-electron chi connectivity index (χ2n) is 7.63. The van der Waals surface area contributed by atoms with E-state index in [2.05, 4.69) is 27.7 Å². The van der Waals surface area contributed by atoms with Crippen LogP contribution >= 0.6 is 0 Å². The molecule has 0 aliphatic carbocycles. The van der Waals surface area contributed by atoms with Gasteiger partial charge in [0.05, 0.1) is 16.9 Å². The quantitative estimate of drug-likeness (QED) is 0.286. The molecule has 0 radical (unpaired) electrons. The van der Waals surface area contributed by atoms with Crippen molar-refractivity contribution in [2.45, 2.75) is 0 Å². The summed E-state index contributed by atoms with van der Waals surface area (Å²) >= 11 is 0. The number of anilines is 1. The number of hydrogen-bond donors (Lipinski definition) is 2. The fourth-order valence-electron chi connectivity index (χ4n) is 4.03. The van der Waals surface area contributed by atoms with Crippen LogP contribution in [0.1, 0.15) is 5.56 Å². The Hall–Kier alpha value is -4.71. The third-order valence-electron chi connectivity index (χ3n) is 5.53. The van der Waals surface area contributed by atoms with Gasteiger partial charge in [-0.25, -0.2) is 4.99 Å². The van der Waals surface area contributed by atoms with Gasteiger partial charge in [-0.2, -0.15) is 5.11 Å². The lowest BCUT2D eigenvalue weighted by Crippen LogP contribution is -2.16. The normalized spacial score (nSPS) is 12.7. The first kappa shape index (κ1) is 19.0. The van der Waals surface area contributed by atoms with Crippen molar-refractivity contribution >= 4 is 39.4 Å². The van der Waals surface area contributed by atoms with Crippen LogP contribution in [0.4, 0.5) is 22.7 Å². The van der Waals surface area contributed by atoms with Crippen molar-refractivity contribution in [3.8, 4) is 17.3 Å². The minimum absolute atomic E-state index is 0.218. The van der Waals surface area contributed by atoms with E-state index in [4.69, 9.17) is 9.41 Å². The van der Waals surface area contributed by atoms with Crippen molar-refractivity contribution in [3.63, 3.8) is 0 Å². The molecule has 5 aromatic rings. The summed E-state index contributed by atoms with van der Waals surface area (Å²) in [7, 11) is 0. The Kier molecular flexibility index (Phi) is 4.47. The molecule has 0 saturated heterocycles. The van der Waals surface area contributed by atoms with Gasteiger partial charge in [-0.15, -0.1) is 5.11 Å². The fraction of sp³-hybridized carbons (Fsp3) is 0. The van der Waals surface area contributed by atoms with Gasteiger partial charge in [-0.3, -0.25) is 0 Å². The molecule has 4 aromatic carbocycles. The lowest BCUT2D eigenvalue weighted by molar-refractivity contribution is 0.339. The molecule has 0 atom stereocenters. The molecule has 0 saturated carbocycles. The van der Waals surface area contributed by atoms with Crippen LogP contribution < -0.4 is 5.32 Å². The summed E-state index contributed by atoms with van der Waals surface area (Å²) in [6.07, 6.45) is 0. The first-order valence-corrected chi connectivity index (χ1v) is 10.5. The van der Waals surface area contributed by atoms with Gasteiger partial charge in [0, 0.05) is 16.6 Å². The summed E-state index contributed by atoms with van der Waals surface area (Å²) in [6, 6.07) is 31.0. The van der Waals surface area contributed by atoms with Gasteiger partial charge in [0.1, 0.15) is 5.84 Å². The topological polar surface area (TPSA) is 82.5 Å². The number of amidine groups is 1. The number of rotatable bonds is 4. The van der Waals surface area contributed by atoms with Gasteiger partial charge in [0.25, 0.3) is 0 Å². The highest BCUT2D eigenvalue weighted by Gasteiger charge is 2.28. The molecular weight excluding hydrogens is 412 g/mol. The monoisotopic (exact) mass is 430 g/mol. The average molecular weight is 430 g/mol. The van der Waals surface area contributed by atoms with E-state index in [1.54, 1.807) is 0 Å². The number of aliphatic imine (C=N–C) groups is 1. The minimum Gasteiger partial charge on any atom is -0.479 e. The molecule has 1 aliphatic heterocycles. The molecule has 33 heavy (non-hydrogen) atoms. The first-order valence-electron chi connectivity index (χ1n) is 10.5. The molecule has 1 aromatic heterocycles. The second-order valence-corrected chi connectivity index (χ2v) is 7.63. The molecule has 6 rings (SSSR count). The second kappa shape index (κ2) is 7.76. The number of aromatic hydroxyl groups is 1. The molecule has 0 amide bonds. The predicted octanol–water partition coefficient (Wildman–Crippen LogP) is 7.72. The standard InChI is InChI=1S/C27H18N4O2/c32-27-24(31-30-19-13-5-2-6-14-19)23(25(33-27)18-9-3-1-4-10-18)26-28-20-15-7-11-17-12-8-16-21(29-26)22(17)20/h1-16,32H,(H,28,29). The molecule has 6 nitrogen and oxygen atoms in total. The zero-order chi connectivity index (χ0) is 22.2. The molecule has 158 valence electrons. The zero-order valence-corrected chi connectivity index (χ0v) is 17.4. The largest absolute Gasteiger partial charge is 0.479 e. The van der Waals surface area contributed by atoms with Crippen LogP contribution in [0, 0.1) is 0 Å². The molecule has 2 heterocycles.